The summed E-state index contributed by atoms with van der Waals surface area (Å²) in [6, 6.07) is 6.53. The molecule has 1 aliphatic heterocycles. The SMILES string of the molecule is O=C(O)CCCN=C[C@H]1C(=O)Oc2ccccc2C1=O. The predicted molar refractivity (Wildman–Crippen MR) is 70.1 cm³/mol. The number of aliphatic carboxylic acids is 1. The Balaban J connectivity index is 2.02. The fourth-order valence-corrected chi connectivity index (χ4v) is 1.84. The van der Waals surface area contributed by atoms with Gasteiger partial charge in [0.1, 0.15) is 5.75 Å². The quantitative estimate of drug-likeness (QED) is 0.288. The Morgan fingerprint density at radius 3 is 2.85 bits per heavy atom. The number of rotatable bonds is 5. The lowest BCUT2D eigenvalue weighted by Gasteiger charge is -2.19. The summed E-state index contributed by atoms with van der Waals surface area (Å²) >= 11 is 0. The second-order valence-corrected chi connectivity index (χ2v) is 4.31. The van der Waals surface area contributed by atoms with Gasteiger partial charge >= 0.3 is 11.9 Å². The van der Waals surface area contributed by atoms with Gasteiger partial charge in [0.15, 0.2) is 11.7 Å². The van der Waals surface area contributed by atoms with Crippen molar-refractivity contribution in [3.05, 3.63) is 29.8 Å². The Hall–Kier alpha value is -2.50. The van der Waals surface area contributed by atoms with Crippen LogP contribution in [-0.2, 0) is 9.59 Å². The molecule has 6 nitrogen and oxygen atoms in total. The number of aliphatic imine (C=N–C) groups is 1. The number of carboxylic acid groups (broad SMARTS) is 1. The maximum atomic E-state index is 12.1. The van der Waals surface area contributed by atoms with Gasteiger partial charge in [-0.15, -0.1) is 0 Å². The van der Waals surface area contributed by atoms with Crippen LogP contribution in [0.25, 0.3) is 0 Å². The smallest absolute Gasteiger partial charge is 0.327 e. The molecule has 1 atom stereocenters. The van der Waals surface area contributed by atoms with Gasteiger partial charge < -0.3 is 9.84 Å². The van der Waals surface area contributed by atoms with Crippen molar-refractivity contribution in [1.29, 1.82) is 0 Å². The molecule has 0 radical (unpaired) electrons. The molecule has 6 heteroatoms. The number of para-hydroxylation sites is 1. The molecule has 0 fully saturated rings. The molecule has 1 N–H and O–H groups in total. The number of ketones is 1. The van der Waals surface area contributed by atoms with Crippen LogP contribution >= 0.6 is 0 Å². The van der Waals surface area contributed by atoms with Crippen LogP contribution < -0.4 is 4.74 Å². The Morgan fingerprint density at radius 1 is 1.35 bits per heavy atom. The lowest BCUT2D eigenvalue weighted by Crippen LogP contribution is -2.34. The molecule has 0 saturated heterocycles. The van der Waals surface area contributed by atoms with Crippen molar-refractivity contribution in [2.24, 2.45) is 10.9 Å². The van der Waals surface area contributed by atoms with E-state index < -0.39 is 17.9 Å². The first-order chi connectivity index (χ1) is 9.59. The van der Waals surface area contributed by atoms with Gasteiger partial charge in [-0.05, 0) is 18.6 Å². The summed E-state index contributed by atoms with van der Waals surface area (Å²) in [4.78, 5) is 38.1. The predicted octanol–water partition coefficient (Wildman–Crippen LogP) is 1.34. The van der Waals surface area contributed by atoms with Crippen LogP contribution in [0.15, 0.2) is 29.3 Å². The van der Waals surface area contributed by atoms with Crippen LogP contribution in [0.1, 0.15) is 23.2 Å². The lowest BCUT2D eigenvalue weighted by atomic mass is 9.95. The average molecular weight is 275 g/mol. The van der Waals surface area contributed by atoms with Crippen LogP contribution in [-0.4, -0.2) is 35.6 Å². The number of carboxylic acids is 1. The number of benzene rings is 1. The molecule has 1 aromatic carbocycles. The number of fused-ring (bicyclic) bond motifs is 1. The van der Waals surface area contributed by atoms with Crippen molar-refractivity contribution < 1.29 is 24.2 Å². The molecule has 0 amide bonds. The molecule has 1 aromatic rings. The Bertz CT molecular complexity index is 579. The van der Waals surface area contributed by atoms with Crippen molar-refractivity contribution >= 4 is 23.9 Å². The zero-order valence-electron chi connectivity index (χ0n) is 10.6. The first-order valence-electron chi connectivity index (χ1n) is 6.16. The van der Waals surface area contributed by atoms with Gasteiger partial charge in [-0.25, -0.2) is 0 Å². The van der Waals surface area contributed by atoms with Crippen molar-refractivity contribution in [1.82, 2.24) is 0 Å². The highest BCUT2D eigenvalue weighted by Crippen LogP contribution is 2.26. The largest absolute Gasteiger partial charge is 0.481 e. The number of ether oxygens (including phenoxy) is 1. The highest BCUT2D eigenvalue weighted by atomic mass is 16.5. The summed E-state index contributed by atoms with van der Waals surface area (Å²) in [5.74, 6) is -2.69. The molecule has 0 aromatic heterocycles. The third-order valence-corrected chi connectivity index (χ3v) is 2.83. The van der Waals surface area contributed by atoms with Crippen molar-refractivity contribution in [3.8, 4) is 5.75 Å². The molecule has 0 bridgehead atoms. The number of carbonyl (C=O) groups excluding carboxylic acids is 2. The molecular weight excluding hydrogens is 262 g/mol. The second-order valence-electron chi connectivity index (χ2n) is 4.31. The summed E-state index contributed by atoms with van der Waals surface area (Å²) in [5, 5.41) is 8.47. The van der Waals surface area contributed by atoms with Crippen LogP contribution in [0.4, 0.5) is 0 Å². The maximum Gasteiger partial charge on any atom is 0.327 e. The zero-order chi connectivity index (χ0) is 14.5. The van der Waals surface area contributed by atoms with E-state index in [2.05, 4.69) is 4.99 Å². The number of carbonyl (C=O) groups is 3. The Morgan fingerprint density at radius 2 is 2.10 bits per heavy atom. The number of nitrogens with zero attached hydrogens (tertiary/aromatic N) is 1. The first kappa shape index (κ1) is 13.9. The third kappa shape index (κ3) is 3.09. The fourth-order valence-electron chi connectivity index (χ4n) is 1.84. The van der Waals surface area contributed by atoms with E-state index in [1.54, 1.807) is 24.3 Å². The third-order valence-electron chi connectivity index (χ3n) is 2.83. The molecule has 0 unspecified atom stereocenters. The van der Waals surface area contributed by atoms with Gasteiger partial charge in [0, 0.05) is 19.2 Å². The van der Waals surface area contributed by atoms with Gasteiger partial charge in [0.25, 0.3) is 0 Å². The van der Waals surface area contributed by atoms with Gasteiger partial charge in [0.05, 0.1) is 5.56 Å². The number of Topliss-reactive ketones (excluding diaryl/α,β-unsaturated/α-hetero) is 1. The van der Waals surface area contributed by atoms with E-state index in [-0.39, 0.29) is 24.5 Å². The van der Waals surface area contributed by atoms with Gasteiger partial charge in [-0.3, -0.25) is 19.4 Å². The normalized spacial score (nSPS) is 17.9. The minimum absolute atomic E-state index is 0.00321. The molecule has 1 heterocycles. The molecule has 20 heavy (non-hydrogen) atoms. The van der Waals surface area contributed by atoms with Gasteiger partial charge in [0.2, 0.25) is 0 Å². The van der Waals surface area contributed by atoms with Crippen LogP contribution in [0.5, 0.6) is 5.75 Å². The molecule has 0 spiro atoms. The molecule has 0 aliphatic carbocycles. The molecule has 0 saturated carbocycles. The molecule has 2 rings (SSSR count). The van der Waals surface area contributed by atoms with Crippen molar-refractivity contribution in [3.63, 3.8) is 0 Å². The van der Waals surface area contributed by atoms with Crippen LogP contribution in [0, 0.1) is 5.92 Å². The van der Waals surface area contributed by atoms with Gasteiger partial charge in [-0.2, -0.15) is 0 Å². The summed E-state index contributed by atoms with van der Waals surface area (Å²) in [6.45, 7) is 0.255. The van der Waals surface area contributed by atoms with Crippen molar-refractivity contribution in [2.45, 2.75) is 12.8 Å². The van der Waals surface area contributed by atoms with Crippen LogP contribution in [0.3, 0.4) is 0 Å². The Labute approximate surface area is 115 Å². The lowest BCUT2D eigenvalue weighted by molar-refractivity contribution is -0.137. The van der Waals surface area contributed by atoms with E-state index in [1.165, 1.54) is 6.21 Å². The summed E-state index contributed by atoms with van der Waals surface area (Å²) in [5.41, 5.74) is 0.356. The van der Waals surface area contributed by atoms with E-state index in [0.29, 0.717) is 12.0 Å². The average Bonchev–Trinajstić information content (AvgIpc) is 2.41. The minimum atomic E-state index is -1.05. The topological polar surface area (TPSA) is 93.0 Å². The summed E-state index contributed by atoms with van der Waals surface area (Å²) in [7, 11) is 0. The highest BCUT2D eigenvalue weighted by Gasteiger charge is 2.34. The molecular formula is C14H13NO5. The van der Waals surface area contributed by atoms with E-state index in [4.69, 9.17) is 9.84 Å². The monoisotopic (exact) mass is 275 g/mol. The highest BCUT2D eigenvalue weighted by molar-refractivity contribution is 6.21. The number of esters is 1. The standard InChI is InChI=1S/C14H13NO5/c16-12(17)6-3-7-15-8-10-13(18)9-4-1-2-5-11(9)20-14(10)19/h1-2,4-5,8,10H,3,6-7H2,(H,16,17)/t10-/m1/s1. The summed E-state index contributed by atoms with van der Waals surface area (Å²) in [6.07, 6.45) is 1.60. The van der Waals surface area contributed by atoms with E-state index in [0.717, 1.165) is 0 Å². The second kappa shape index (κ2) is 6.10. The van der Waals surface area contributed by atoms with E-state index in [1.807, 2.05) is 0 Å². The minimum Gasteiger partial charge on any atom is -0.481 e. The van der Waals surface area contributed by atoms with Crippen molar-refractivity contribution in [2.75, 3.05) is 6.54 Å². The number of hydrogen-bond acceptors (Lipinski definition) is 5. The molecule has 104 valence electrons. The van der Waals surface area contributed by atoms with Crippen LogP contribution in [0.2, 0.25) is 0 Å². The van der Waals surface area contributed by atoms with E-state index in [9.17, 15) is 14.4 Å². The maximum absolute atomic E-state index is 12.1. The zero-order valence-corrected chi connectivity index (χ0v) is 10.6. The van der Waals surface area contributed by atoms with E-state index >= 15 is 0 Å². The molecule has 1 aliphatic rings. The fraction of sp³-hybridized carbons (Fsp3) is 0.286. The number of hydrogen-bond donors (Lipinski definition) is 1. The Kier molecular flexibility index (Phi) is 4.24. The van der Waals surface area contributed by atoms with Gasteiger partial charge in [-0.1, -0.05) is 12.1 Å². The summed E-state index contributed by atoms with van der Waals surface area (Å²) < 4.78 is 5.06. The first-order valence-corrected chi connectivity index (χ1v) is 6.16.